The number of benzene rings is 2. The third-order valence-corrected chi connectivity index (χ3v) is 7.71. The van der Waals surface area contributed by atoms with E-state index in [1.807, 2.05) is 24.3 Å². The number of carbonyl (C=O) groups excluding carboxylic acids is 1. The summed E-state index contributed by atoms with van der Waals surface area (Å²) in [4.78, 5) is 15.3. The van der Waals surface area contributed by atoms with E-state index in [1.165, 1.54) is 29.3 Å². The largest absolute Gasteiger partial charge is 0.372 e. The molecule has 29 heavy (non-hydrogen) atoms. The van der Waals surface area contributed by atoms with E-state index >= 15 is 0 Å². The number of anilines is 2. The summed E-state index contributed by atoms with van der Waals surface area (Å²) in [5, 5.41) is 3.35. The first-order valence-corrected chi connectivity index (χ1v) is 11.7. The standard InChI is InChI=1S/C21H24ClN3O3S/c22-16-5-11-19(12-6-16)29(27,28)25-15-3-4-20(25)21(26)23-17-7-9-18(10-8-17)24-13-1-2-14-24/h5-12,20H,1-4,13-15H2,(H,23,26)/t20-/m1/s1. The second kappa shape index (κ2) is 8.34. The van der Waals surface area contributed by atoms with Gasteiger partial charge in [-0.25, -0.2) is 8.42 Å². The molecule has 4 rings (SSSR count). The van der Waals surface area contributed by atoms with Crippen molar-refractivity contribution in [1.82, 2.24) is 4.31 Å². The van der Waals surface area contributed by atoms with Crippen molar-refractivity contribution in [1.29, 1.82) is 0 Å². The lowest BCUT2D eigenvalue weighted by atomic mass is 10.2. The van der Waals surface area contributed by atoms with Crippen molar-refractivity contribution < 1.29 is 13.2 Å². The van der Waals surface area contributed by atoms with E-state index < -0.39 is 16.1 Å². The van der Waals surface area contributed by atoms with Gasteiger partial charge in [0.2, 0.25) is 15.9 Å². The molecular formula is C21H24ClN3O3S. The summed E-state index contributed by atoms with van der Waals surface area (Å²) in [5.74, 6) is -0.297. The van der Waals surface area contributed by atoms with Crippen LogP contribution in [0, 0.1) is 0 Å². The minimum Gasteiger partial charge on any atom is -0.372 e. The summed E-state index contributed by atoms with van der Waals surface area (Å²) in [5.41, 5.74) is 1.82. The van der Waals surface area contributed by atoms with Crippen LogP contribution in [-0.4, -0.2) is 44.3 Å². The van der Waals surface area contributed by atoms with Gasteiger partial charge in [-0.05, 0) is 74.2 Å². The Morgan fingerprint density at radius 3 is 2.24 bits per heavy atom. The summed E-state index contributed by atoms with van der Waals surface area (Å²) in [6.45, 7) is 2.45. The molecule has 0 bridgehead atoms. The molecule has 2 fully saturated rings. The van der Waals surface area contributed by atoms with E-state index in [0.29, 0.717) is 30.1 Å². The molecule has 1 N–H and O–H groups in total. The Morgan fingerprint density at radius 2 is 1.59 bits per heavy atom. The zero-order valence-electron chi connectivity index (χ0n) is 16.1. The molecule has 6 nitrogen and oxygen atoms in total. The van der Waals surface area contributed by atoms with Crippen LogP contribution in [0.5, 0.6) is 0 Å². The molecule has 0 unspecified atom stereocenters. The number of amides is 1. The molecular weight excluding hydrogens is 410 g/mol. The predicted molar refractivity (Wildman–Crippen MR) is 115 cm³/mol. The number of hydrogen-bond donors (Lipinski definition) is 1. The monoisotopic (exact) mass is 433 g/mol. The lowest BCUT2D eigenvalue weighted by Crippen LogP contribution is -2.43. The quantitative estimate of drug-likeness (QED) is 0.779. The van der Waals surface area contributed by atoms with Gasteiger partial charge in [-0.3, -0.25) is 4.79 Å². The van der Waals surface area contributed by atoms with Crippen LogP contribution in [0.25, 0.3) is 0 Å². The van der Waals surface area contributed by atoms with Gasteiger partial charge in [0.15, 0.2) is 0 Å². The summed E-state index contributed by atoms with van der Waals surface area (Å²) < 4.78 is 27.3. The maximum absolute atomic E-state index is 13.0. The zero-order valence-corrected chi connectivity index (χ0v) is 17.6. The Bertz CT molecular complexity index is 971. The van der Waals surface area contributed by atoms with Crippen LogP contribution in [0.2, 0.25) is 5.02 Å². The fourth-order valence-electron chi connectivity index (χ4n) is 3.99. The number of sulfonamides is 1. The third-order valence-electron chi connectivity index (χ3n) is 5.53. The number of nitrogens with zero attached hydrogens (tertiary/aromatic N) is 2. The number of nitrogens with one attached hydrogen (secondary N) is 1. The Hall–Kier alpha value is -2.09. The molecule has 0 spiro atoms. The van der Waals surface area contributed by atoms with E-state index in [9.17, 15) is 13.2 Å². The molecule has 2 aliphatic rings. The van der Waals surface area contributed by atoms with Crippen molar-refractivity contribution in [2.45, 2.75) is 36.6 Å². The number of rotatable bonds is 5. The van der Waals surface area contributed by atoms with Crippen molar-refractivity contribution in [3.63, 3.8) is 0 Å². The molecule has 154 valence electrons. The summed E-state index contributed by atoms with van der Waals surface area (Å²) in [7, 11) is -3.75. The molecule has 2 aromatic rings. The van der Waals surface area contributed by atoms with Gasteiger partial charge in [-0.2, -0.15) is 4.31 Å². The van der Waals surface area contributed by atoms with Gasteiger partial charge in [-0.15, -0.1) is 0 Å². The molecule has 2 aliphatic heterocycles. The van der Waals surface area contributed by atoms with Crippen molar-refractivity contribution >= 4 is 38.9 Å². The van der Waals surface area contributed by atoms with E-state index in [4.69, 9.17) is 11.6 Å². The lowest BCUT2D eigenvalue weighted by molar-refractivity contribution is -0.119. The van der Waals surface area contributed by atoms with Crippen LogP contribution in [-0.2, 0) is 14.8 Å². The van der Waals surface area contributed by atoms with Crippen LogP contribution in [0.4, 0.5) is 11.4 Å². The summed E-state index contributed by atoms with van der Waals surface area (Å²) in [6, 6.07) is 13.1. The van der Waals surface area contributed by atoms with E-state index in [1.54, 1.807) is 12.1 Å². The van der Waals surface area contributed by atoms with Crippen LogP contribution in [0.1, 0.15) is 25.7 Å². The van der Waals surface area contributed by atoms with Crippen molar-refractivity contribution in [3.05, 3.63) is 53.6 Å². The Balaban J connectivity index is 1.47. The van der Waals surface area contributed by atoms with Crippen LogP contribution >= 0.6 is 11.6 Å². The topological polar surface area (TPSA) is 69.7 Å². The second-order valence-electron chi connectivity index (χ2n) is 7.46. The molecule has 1 atom stereocenters. The fraction of sp³-hybridized carbons (Fsp3) is 0.381. The minimum atomic E-state index is -3.75. The number of carbonyl (C=O) groups is 1. The van der Waals surface area contributed by atoms with E-state index in [2.05, 4.69) is 10.2 Å². The van der Waals surface area contributed by atoms with Gasteiger partial charge in [0.05, 0.1) is 4.90 Å². The highest BCUT2D eigenvalue weighted by Crippen LogP contribution is 2.28. The van der Waals surface area contributed by atoms with Crippen molar-refractivity contribution in [3.8, 4) is 0 Å². The molecule has 2 heterocycles. The third kappa shape index (κ3) is 4.27. The summed E-state index contributed by atoms with van der Waals surface area (Å²) >= 11 is 5.87. The zero-order chi connectivity index (χ0) is 20.4. The van der Waals surface area contributed by atoms with E-state index in [-0.39, 0.29) is 10.8 Å². The maximum atomic E-state index is 13.0. The lowest BCUT2D eigenvalue weighted by Gasteiger charge is -2.23. The maximum Gasteiger partial charge on any atom is 0.243 e. The normalized spacial score (nSPS) is 20.2. The Morgan fingerprint density at radius 1 is 0.931 bits per heavy atom. The van der Waals surface area contributed by atoms with Crippen molar-refractivity contribution in [2.24, 2.45) is 0 Å². The smallest absolute Gasteiger partial charge is 0.243 e. The molecule has 0 aromatic heterocycles. The van der Waals surface area contributed by atoms with Crippen LogP contribution < -0.4 is 10.2 Å². The van der Waals surface area contributed by atoms with Crippen molar-refractivity contribution in [2.75, 3.05) is 29.9 Å². The van der Waals surface area contributed by atoms with Gasteiger partial charge in [0, 0.05) is 36.0 Å². The average molecular weight is 434 g/mol. The van der Waals surface area contributed by atoms with Gasteiger partial charge < -0.3 is 10.2 Å². The highest BCUT2D eigenvalue weighted by molar-refractivity contribution is 7.89. The molecule has 0 radical (unpaired) electrons. The molecule has 8 heteroatoms. The fourth-order valence-corrected chi connectivity index (χ4v) is 5.77. The predicted octanol–water partition coefficient (Wildman–Crippen LogP) is 3.73. The summed E-state index contributed by atoms with van der Waals surface area (Å²) in [6.07, 6.45) is 3.57. The average Bonchev–Trinajstić information content (AvgIpc) is 3.41. The Kier molecular flexibility index (Phi) is 5.81. The van der Waals surface area contributed by atoms with Crippen LogP contribution in [0.15, 0.2) is 53.4 Å². The van der Waals surface area contributed by atoms with Gasteiger partial charge >= 0.3 is 0 Å². The molecule has 2 aromatic carbocycles. The minimum absolute atomic E-state index is 0.150. The highest BCUT2D eigenvalue weighted by atomic mass is 35.5. The first-order valence-electron chi connectivity index (χ1n) is 9.88. The van der Waals surface area contributed by atoms with Gasteiger partial charge in [-0.1, -0.05) is 11.6 Å². The highest BCUT2D eigenvalue weighted by Gasteiger charge is 2.39. The van der Waals surface area contributed by atoms with Crippen LogP contribution in [0.3, 0.4) is 0 Å². The molecule has 2 saturated heterocycles. The van der Waals surface area contributed by atoms with Gasteiger partial charge in [0.1, 0.15) is 6.04 Å². The van der Waals surface area contributed by atoms with Gasteiger partial charge in [0.25, 0.3) is 0 Å². The molecule has 1 amide bonds. The second-order valence-corrected chi connectivity index (χ2v) is 9.78. The first-order chi connectivity index (χ1) is 13.9. The number of halogens is 1. The number of hydrogen-bond acceptors (Lipinski definition) is 4. The first kappa shape index (κ1) is 20.2. The molecule has 0 aliphatic carbocycles. The molecule has 0 saturated carbocycles. The SMILES string of the molecule is O=C(Nc1ccc(N2CCCC2)cc1)[C@H]1CCCN1S(=O)(=O)c1ccc(Cl)cc1. The Labute approximate surface area is 176 Å². The van der Waals surface area contributed by atoms with E-state index in [0.717, 1.165) is 18.8 Å².